The van der Waals surface area contributed by atoms with Crippen molar-refractivity contribution in [3.63, 3.8) is 0 Å². The Labute approximate surface area is 151 Å². The standard InChI is InChI=1S/C20H33NO4/c1-20(2,3)25-15-17(22)13-21(14-19-9-6-10-24-19)12-16-7-5-8-18(11-16)23-4/h5,7-8,11,17,19,22H,6,9-10,12-15H2,1-4H3/t17-,19+/m1/s1. The summed E-state index contributed by atoms with van der Waals surface area (Å²) >= 11 is 0. The Morgan fingerprint density at radius 2 is 2.16 bits per heavy atom. The van der Waals surface area contributed by atoms with Crippen molar-refractivity contribution in [2.75, 3.05) is 33.4 Å². The number of nitrogens with zero attached hydrogens (tertiary/aromatic N) is 1. The van der Waals surface area contributed by atoms with E-state index in [4.69, 9.17) is 14.2 Å². The molecule has 1 heterocycles. The highest BCUT2D eigenvalue weighted by Crippen LogP contribution is 2.18. The van der Waals surface area contributed by atoms with E-state index in [0.29, 0.717) is 13.2 Å². The topological polar surface area (TPSA) is 51.2 Å². The molecule has 0 amide bonds. The summed E-state index contributed by atoms with van der Waals surface area (Å²) < 4.78 is 16.8. The van der Waals surface area contributed by atoms with Crippen LogP contribution in [0.2, 0.25) is 0 Å². The molecular formula is C20H33NO4. The molecule has 0 aliphatic carbocycles. The average Bonchev–Trinajstić information content (AvgIpc) is 3.05. The van der Waals surface area contributed by atoms with Gasteiger partial charge < -0.3 is 19.3 Å². The Morgan fingerprint density at radius 3 is 2.80 bits per heavy atom. The molecule has 1 aliphatic rings. The fourth-order valence-electron chi connectivity index (χ4n) is 3.01. The predicted octanol–water partition coefficient (Wildman–Crippen LogP) is 2.85. The molecule has 2 atom stereocenters. The summed E-state index contributed by atoms with van der Waals surface area (Å²) in [4.78, 5) is 2.25. The first-order valence-electron chi connectivity index (χ1n) is 9.14. The maximum Gasteiger partial charge on any atom is 0.119 e. The Balaban J connectivity index is 1.96. The minimum Gasteiger partial charge on any atom is -0.497 e. The van der Waals surface area contributed by atoms with Crippen LogP contribution in [-0.2, 0) is 16.0 Å². The van der Waals surface area contributed by atoms with E-state index < -0.39 is 6.10 Å². The lowest BCUT2D eigenvalue weighted by atomic mass is 10.1. The molecular weight excluding hydrogens is 318 g/mol. The van der Waals surface area contributed by atoms with Gasteiger partial charge in [0.25, 0.3) is 0 Å². The van der Waals surface area contributed by atoms with Crippen LogP contribution in [-0.4, -0.2) is 61.2 Å². The minimum absolute atomic E-state index is 0.243. The summed E-state index contributed by atoms with van der Waals surface area (Å²) in [5.41, 5.74) is 0.925. The third-order valence-electron chi connectivity index (χ3n) is 4.20. The molecule has 25 heavy (non-hydrogen) atoms. The van der Waals surface area contributed by atoms with Gasteiger partial charge in [-0.2, -0.15) is 0 Å². The molecule has 0 aromatic heterocycles. The van der Waals surface area contributed by atoms with E-state index in [1.807, 2.05) is 39.0 Å². The maximum atomic E-state index is 10.4. The summed E-state index contributed by atoms with van der Waals surface area (Å²) in [6, 6.07) is 8.07. The highest BCUT2D eigenvalue weighted by molar-refractivity contribution is 5.28. The van der Waals surface area contributed by atoms with Crippen molar-refractivity contribution < 1.29 is 19.3 Å². The van der Waals surface area contributed by atoms with Crippen LogP contribution < -0.4 is 4.74 Å². The smallest absolute Gasteiger partial charge is 0.119 e. The molecule has 1 aromatic carbocycles. The van der Waals surface area contributed by atoms with Gasteiger partial charge in [-0.25, -0.2) is 0 Å². The molecule has 1 aromatic rings. The number of ether oxygens (including phenoxy) is 3. The monoisotopic (exact) mass is 351 g/mol. The third kappa shape index (κ3) is 7.74. The summed E-state index contributed by atoms with van der Waals surface area (Å²) in [6.45, 7) is 9.32. The number of methoxy groups -OCH3 is 1. The molecule has 5 heteroatoms. The van der Waals surface area contributed by atoms with Gasteiger partial charge in [-0.1, -0.05) is 12.1 Å². The zero-order valence-corrected chi connectivity index (χ0v) is 16.0. The second-order valence-corrected chi connectivity index (χ2v) is 7.76. The lowest BCUT2D eigenvalue weighted by molar-refractivity contribution is -0.0594. The molecule has 2 rings (SSSR count). The van der Waals surface area contributed by atoms with E-state index in [-0.39, 0.29) is 11.7 Å². The normalized spacial score (nSPS) is 19.4. The van der Waals surface area contributed by atoms with Gasteiger partial charge in [0.1, 0.15) is 5.75 Å². The first-order valence-corrected chi connectivity index (χ1v) is 9.14. The van der Waals surface area contributed by atoms with E-state index in [1.54, 1.807) is 7.11 Å². The Morgan fingerprint density at radius 1 is 1.36 bits per heavy atom. The molecule has 1 fully saturated rings. The van der Waals surface area contributed by atoms with Gasteiger partial charge >= 0.3 is 0 Å². The SMILES string of the molecule is COc1cccc(CN(C[C@@H](O)COC(C)(C)C)C[C@@H]2CCCO2)c1. The van der Waals surface area contributed by atoms with Crippen LogP contribution in [0.4, 0.5) is 0 Å². The van der Waals surface area contributed by atoms with Gasteiger partial charge in [0.05, 0.1) is 31.5 Å². The van der Waals surface area contributed by atoms with Crippen molar-refractivity contribution in [2.45, 2.75) is 58.0 Å². The fraction of sp³-hybridized carbons (Fsp3) is 0.700. The molecule has 0 spiro atoms. The van der Waals surface area contributed by atoms with Gasteiger partial charge in [-0.15, -0.1) is 0 Å². The van der Waals surface area contributed by atoms with Crippen molar-refractivity contribution in [1.82, 2.24) is 4.90 Å². The molecule has 0 bridgehead atoms. The largest absolute Gasteiger partial charge is 0.497 e. The number of benzene rings is 1. The highest BCUT2D eigenvalue weighted by atomic mass is 16.5. The molecule has 0 saturated carbocycles. The van der Waals surface area contributed by atoms with Crippen LogP contribution in [0.3, 0.4) is 0 Å². The number of rotatable bonds is 9. The predicted molar refractivity (Wildman–Crippen MR) is 99.0 cm³/mol. The molecule has 1 N–H and O–H groups in total. The number of hydrogen-bond acceptors (Lipinski definition) is 5. The first-order chi connectivity index (χ1) is 11.9. The van der Waals surface area contributed by atoms with E-state index >= 15 is 0 Å². The van der Waals surface area contributed by atoms with Gasteiger partial charge in [0, 0.05) is 26.2 Å². The van der Waals surface area contributed by atoms with Crippen LogP contribution in [0.25, 0.3) is 0 Å². The van der Waals surface area contributed by atoms with E-state index in [2.05, 4.69) is 11.0 Å². The molecule has 1 saturated heterocycles. The lowest BCUT2D eigenvalue weighted by Crippen LogP contribution is -2.40. The third-order valence-corrected chi connectivity index (χ3v) is 4.20. The van der Waals surface area contributed by atoms with Gasteiger partial charge in [0.2, 0.25) is 0 Å². The first kappa shape index (κ1) is 20.2. The van der Waals surface area contributed by atoms with Crippen LogP contribution in [0, 0.1) is 0 Å². The van der Waals surface area contributed by atoms with Crippen molar-refractivity contribution in [3.05, 3.63) is 29.8 Å². The summed E-state index contributed by atoms with van der Waals surface area (Å²) in [6.07, 6.45) is 1.93. The molecule has 142 valence electrons. The number of hydrogen-bond donors (Lipinski definition) is 1. The van der Waals surface area contributed by atoms with E-state index in [1.165, 1.54) is 5.56 Å². The van der Waals surface area contributed by atoms with Crippen LogP contribution in [0.1, 0.15) is 39.2 Å². The van der Waals surface area contributed by atoms with Crippen molar-refractivity contribution in [2.24, 2.45) is 0 Å². The molecule has 0 unspecified atom stereocenters. The quantitative estimate of drug-likeness (QED) is 0.741. The van der Waals surface area contributed by atoms with Gasteiger partial charge in [-0.05, 0) is 51.3 Å². The Kier molecular flexibility index (Phi) is 7.69. The van der Waals surface area contributed by atoms with Gasteiger partial charge in [0.15, 0.2) is 0 Å². The van der Waals surface area contributed by atoms with E-state index in [9.17, 15) is 5.11 Å². The van der Waals surface area contributed by atoms with Crippen LogP contribution >= 0.6 is 0 Å². The molecule has 5 nitrogen and oxygen atoms in total. The summed E-state index contributed by atoms with van der Waals surface area (Å²) in [7, 11) is 1.68. The lowest BCUT2D eigenvalue weighted by Gasteiger charge is -2.29. The maximum absolute atomic E-state index is 10.4. The Bertz CT molecular complexity index is 509. The molecule has 0 radical (unpaired) electrons. The van der Waals surface area contributed by atoms with E-state index in [0.717, 1.165) is 38.3 Å². The van der Waals surface area contributed by atoms with Crippen molar-refractivity contribution >= 4 is 0 Å². The zero-order chi connectivity index (χ0) is 18.3. The van der Waals surface area contributed by atoms with Crippen LogP contribution in [0.15, 0.2) is 24.3 Å². The summed E-state index contributed by atoms with van der Waals surface area (Å²) in [5.74, 6) is 0.853. The fourth-order valence-corrected chi connectivity index (χ4v) is 3.01. The second kappa shape index (κ2) is 9.53. The van der Waals surface area contributed by atoms with Crippen molar-refractivity contribution in [1.29, 1.82) is 0 Å². The average molecular weight is 351 g/mol. The zero-order valence-electron chi connectivity index (χ0n) is 16.0. The second-order valence-electron chi connectivity index (χ2n) is 7.76. The highest BCUT2D eigenvalue weighted by Gasteiger charge is 2.22. The molecule has 1 aliphatic heterocycles. The van der Waals surface area contributed by atoms with Crippen LogP contribution in [0.5, 0.6) is 5.75 Å². The number of aliphatic hydroxyl groups is 1. The Hall–Kier alpha value is -1.14. The minimum atomic E-state index is -0.522. The van der Waals surface area contributed by atoms with Crippen molar-refractivity contribution in [3.8, 4) is 5.75 Å². The number of aliphatic hydroxyl groups excluding tert-OH is 1. The summed E-state index contributed by atoms with van der Waals surface area (Å²) in [5, 5.41) is 10.4. The van der Waals surface area contributed by atoms with Gasteiger partial charge in [-0.3, -0.25) is 4.90 Å².